The second-order valence-corrected chi connectivity index (χ2v) is 13.7. The maximum Gasteiger partial charge on any atom is 0.408 e. The molecule has 4 rings (SSSR count). The average molecular weight is 533 g/mol. The molecule has 4 amide bonds. The van der Waals surface area contributed by atoms with Crippen LogP contribution in [0.1, 0.15) is 80.1 Å². The van der Waals surface area contributed by atoms with Gasteiger partial charge in [0, 0.05) is 6.54 Å². The lowest BCUT2D eigenvalue weighted by atomic mass is 9.85. The van der Waals surface area contributed by atoms with Crippen LogP contribution in [0.2, 0.25) is 0 Å². The summed E-state index contributed by atoms with van der Waals surface area (Å²) in [6, 6.07) is -2.70. The molecule has 3 saturated carbocycles. The Morgan fingerprint density at radius 1 is 1.05 bits per heavy atom. The summed E-state index contributed by atoms with van der Waals surface area (Å²) in [5.74, 6) is -2.09. The number of hydrogen-bond donors (Lipinski definition) is 3. The second kappa shape index (κ2) is 10.2. The van der Waals surface area contributed by atoms with E-state index in [0.29, 0.717) is 13.0 Å². The zero-order chi connectivity index (χ0) is 28.2. The molecule has 4 aliphatic rings. The Kier molecular flexibility index (Phi) is 7.58. The molecule has 4 N–H and O–H groups in total. The van der Waals surface area contributed by atoms with Gasteiger partial charge < -0.3 is 26.0 Å². The minimum Gasteiger partial charge on any atom is -0.446 e. The summed E-state index contributed by atoms with van der Waals surface area (Å²) in [5, 5.41) is 5.57. The van der Waals surface area contributed by atoms with Gasteiger partial charge in [-0.2, -0.15) is 0 Å². The van der Waals surface area contributed by atoms with E-state index in [4.69, 9.17) is 10.5 Å². The van der Waals surface area contributed by atoms with Crippen molar-refractivity contribution in [1.82, 2.24) is 15.5 Å². The fourth-order valence-corrected chi connectivity index (χ4v) is 6.55. The van der Waals surface area contributed by atoms with Crippen LogP contribution in [-0.4, -0.2) is 65.3 Å². The number of nitrogens with zero attached hydrogens (tertiary/aromatic N) is 1. The molecular formula is C28H44N4O6. The van der Waals surface area contributed by atoms with E-state index in [2.05, 4.69) is 31.4 Å². The van der Waals surface area contributed by atoms with Crippen molar-refractivity contribution < 1.29 is 28.7 Å². The first kappa shape index (κ1) is 28.4. The number of nitrogens with two attached hydrogens (primary N) is 1. The monoisotopic (exact) mass is 532 g/mol. The molecule has 10 heteroatoms. The van der Waals surface area contributed by atoms with Crippen LogP contribution in [-0.2, 0) is 23.9 Å². The number of primary amides is 1. The van der Waals surface area contributed by atoms with Crippen molar-refractivity contribution in [2.45, 2.75) is 104 Å². The Morgan fingerprint density at radius 2 is 1.71 bits per heavy atom. The van der Waals surface area contributed by atoms with Crippen molar-refractivity contribution in [3.63, 3.8) is 0 Å². The Balaban J connectivity index is 1.51. The maximum absolute atomic E-state index is 14.0. The van der Waals surface area contributed by atoms with Crippen LogP contribution in [0.5, 0.6) is 0 Å². The highest BCUT2D eigenvalue weighted by molar-refractivity contribution is 6.37. The number of fused-ring (bicyclic) bond motifs is 1. The number of amides is 4. The Bertz CT molecular complexity index is 1000. The third-order valence-corrected chi connectivity index (χ3v) is 9.32. The Hall–Kier alpha value is -2.65. The summed E-state index contributed by atoms with van der Waals surface area (Å²) in [4.78, 5) is 66.2. The highest BCUT2D eigenvalue weighted by atomic mass is 16.6. The molecule has 1 aliphatic heterocycles. The van der Waals surface area contributed by atoms with E-state index in [1.807, 2.05) is 20.8 Å². The van der Waals surface area contributed by atoms with Gasteiger partial charge in [0.1, 0.15) is 18.2 Å². The van der Waals surface area contributed by atoms with E-state index >= 15 is 0 Å². The van der Waals surface area contributed by atoms with Gasteiger partial charge in [-0.05, 0) is 60.2 Å². The van der Waals surface area contributed by atoms with Crippen LogP contribution in [0.15, 0.2) is 0 Å². The second-order valence-electron chi connectivity index (χ2n) is 13.7. The van der Waals surface area contributed by atoms with Crippen molar-refractivity contribution in [1.29, 1.82) is 0 Å². The van der Waals surface area contributed by atoms with Gasteiger partial charge in [-0.1, -0.05) is 54.4 Å². The van der Waals surface area contributed by atoms with Crippen LogP contribution in [0.3, 0.4) is 0 Å². The smallest absolute Gasteiger partial charge is 0.408 e. The van der Waals surface area contributed by atoms with Gasteiger partial charge in [-0.3, -0.25) is 19.2 Å². The number of likely N-dealkylation sites (tertiary alicyclic amines) is 1. The fourth-order valence-electron chi connectivity index (χ4n) is 6.55. The zero-order valence-electron chi connectivity index (χ0n) is 23.5. The molecule has 4 fully saturated rings. The first-order chi connectivity index (χ1) is 17.6. The lowest BCUT2D eigenvalue weighted by Gasteiger charge is -2.38. The number of hydrogen-bond acceptors (Lipinski definition) is 6. The van der Waals surface area contributed by atoms with Gasteiger partial charge in [0.2, 0.25) is 17.6 Å². The van der Waals surface area contributed by atoms with E-state index in [-0.39, 0.29) is 41.1 Å². The van der Waals surface area contributed by atoms with E-state index in [1.165, 1.54) is 0 Å². The van der Waals surface area contributed by atoms with Crippen LogP contribution in [0.25, 0.3) is 0 Å². The number of Topliss-reactive ketones (excluding diaryl/α,β-unsaturated/α-hetero) is 1. The fraction of sp³-hybridized carbons (Fsp3) is 0.821. The van der Waals surface area contributed by atoms with Crippen LogP contribution < -0.4 is 16.4 Å². The third kappa shape index (κ3) is 5.69. The minimum absolute atomic E-state index is 0.0800. The number of carbonyl (C=O) groups is 5. The van der Waals surface area contributed by atoms with Crippen molar-refractivity contribution in [2.75, 3.05) is 6.54 Å². The van der Waals surface area contributed by atoms with Crippen molar-refractivity contribution >= 4 is 29.6 Å². The van der Waals surface area contributed by atoms with Gasteiger partial charge in [-0.15, -0.1) is 0 Å². The normalized spacial score (nSPS) is 31.1. The number of nitrogens with one attached hydrogen (secondary N) is 2. The van der Waals surface area contributed by atoms with Gasteiger partial charge in [0.25, 0.3) is 5.91 Å². The van der Waals surface area contributed by atoms with E-state index in [9.17, 15) is 24.0 Å². The molecule has 212 valence electrons. The van der Waals surface area contributed by atoms with Crippen molar-refractivity contribution in [2.24, 2.45) is 40.2 Å². The minimum atomic E-state index is -1.08. The van der Waals surface area contributed by atoms with Gasteiger partial charge in [0.05, 0.1) is 6.04 Å². The zero-order valence-corrected chi connectivity index (χ0v) is 23.5. The molecule has 0 aromatic carbocycles. The number of piperidine rings is 1. The molecular weight excluding hydrogens is 488 g/mol. The maximum atomic E-state index is 14.0. The molecule has 1 saturated heterocycles. The summed E-state index contributed by atoms with van der Waals surface area (Å²) in [6.45, 7) is 12.2. The average Bonchev–Trinajstić information content (AvgIpc) is 3.58. The molecule has 3 aliphatic carbocycles. The highest BCUT2D eigenvalue weighted by Gasteiger charge is 2.70. The number of ether oxygens (including phenoxy) is 1. The summed E-state index contributed by atoms with van der Waals surface area (Å²) in [6.07, 6.45) is 4.27. The molecule has 10 nitrogen and oxygen atoms in total. The standard InChI is InChI=1S/C28H44N4O6/c1-14-8-7-9-18(14)38-26(37)31-22(27(2,3)4)25(36)32-13-16-19(28(16,5)6)20(32)24(35)30-17(12-15-10-11-15)21(33)23(29)34/h14-20,22H,7-13H2,1-6H3,(H2,29,34)(H,30,35)(H,31,37). The summed E-state index contributed by atoms with van der Waals surface area (Å²) in [7, 11) is 0. The predicted molar refractivity (Wildman–Crippen MR) is 139 cm³/mol. The third-order valence-electron chi connectivity index (χ3n) is 9.32. The van der Waals surface area contributed by atoms with Gasteiger partial charge in [0.15, 0.2) is 0 Å². The van der Waals surface area contributed by atoms with E-state index in [0.717, 1.165) is 32.1 Å². The van der Waals surface area contributed by atoms with Gasteiger partial charge in [-0.25, -0.2) is 4.79 Å². The number of alkyl carbamates (subject to hydrolysis) is 1. The first-order valence-electron chi connectivity index (χ1n) is 14.0. The predicted octanol–water partition coefficient (Wildman–Crippen LogP) is 2.14. The summed E-state index contributed by atoms with van der Waals surface area (Å²) >= 11 is 0. The summed E-state index contributed by atoms with van der Waals surface area (Å²) < 4.78 is 5.66. The van der Waals surface area contributed by atoms with Crippen molar-refractivity contribution in [3.05, 3.63) is 0 Å². The number of ketones is 1. The van der Waals surface area contributed by atoms with Gasteiger partial charge >= 0.3 is 6.09 Å². The first-order valence-corrected chi connectivity index (χ1v) is 14.0. The molecule has 38 heavy (non-hydrogen) atoms. The Morgan fingerprint density at radius 3 is 2.24 bits per heavy atom. The molecule has 1 heterocycles. The van der Waals surface area contributed by atoms with Crippen LogP contribution in [0.4, 0.5) is 4.79 Å². The molecule has 0 aromatic rings. The van der Waals surface area contributed by atoms with E-state index < -0.39 is 47.2 Å². The van der Waals surface area contributed by atoms with Crippen molar-refractivity contribution in [3.8, 4) is 0 Å². The van der Waals surface area contributed by atoms with Crippen LogP contribution >= 0.6 is 0 Å². The number of carbonyl (C=O) groups excluding carboxylic acids is 5. The molecule has 7 atom stereocenters. The van der Waals surface area contributed by atoms with E-state index in [1.54, 1.807) is 4.90 Å². The number of rotatable bonds is 9. The molecule has 0 spiro atoms. The quantitative estimate of drug-likeness (QED) is 0.388. The Labute approximate surface area is 225 Å². The SMILES string of the molecule is CC1CCCC1OC(=O)NC(C(=O)N1CC2C(C1C(=O)NC(CC1CC1)C(=O)C(N)=O)C2(C)C)C(C)(C)C. The molecule has 0 bridgehead atoms. The lowest BCUT2D eigenvalue weighted by Crippen LogP contribution is -2.60. The highest BCUT2D eigenvalue weighted by Crippen LogP contribution is 2.65. The largest absolute Gasteiger partial charge is 0.446 e. The van der Waals surface area contributed by atoms with Crippen LogP contribution in [0, 0.1) is 34.5 Å². The summed E-state index contributed by atoms with van der Waals surface area (Å²) in [5.41, 5.74) is 4.48. The molecule has 7 unspecified atom stereocenters. The lowest BCUT2D eigenvalue weighted by molar-refractivity contribution is -0.145. The topological polar surface area (TPSA) is 148 Å². The molecule has 0 aromatic heterocycles. The molecule has 0 radical (unpaired) electrons.